The average Bonchev–Trinajstić information content (AvgIpc) is 3.68. The van der Waals surface area contributed by atoms with Crippen molar-refractivity contribution in [3.05, 3.63) is 71.8 Å². The molecule has 2 aliphatic rings. The van der Waals surface area contributed by atoms with Gasteiger partial charge in [-0.05, 0) is 50.7 Å². The van der Waals surface area contributed by atoms with E-state index in [0.717, 1.165) is 24.0 Å². The predicted octanol–water partition coefficient (Wildman–Crippen LogP) is 5.16. The first-order valence-corrected chi connectivity index (χ1v) is 12.6. The van der Waals surface area contributed by atoms with Gasteiger partial charge in [0, 0.05) is 26.2 Å². The lowest BCUT2D eigenvalue weighted by Crippen LogP contribution is -2.52. The van der Waals surface area contributed by atoms with Crippen molar-refractivity contribution in [2.75, 3.05) is 32.8 Å². The number of amides is 2. The van der Waals surface area contributed by atoms with Gasteiger partial charge in [0.05, 0.1) is 18.7 Å². The Bertz CT molecular complexity index is 965. The van der Waals surface area contributed by atoms with Crippen molar-refractivity contribution in [3.63, 3.8) is 0 Å². The second kappa shape index (κ2) is 11.1. The molecule has 4 rings (SSSR count). The summed E-state index contributed by atoms with van der Waals surface area (Å²) in [5.41, 5.74) is 1.60. The molecule has 2 fully saturated rings. The minimum atomic E-state index is -0.524. The monoisotopic (exact) mass is 479 g/mol. The van der Waals surface area contributed by atoms with Crippen molar-refractivity contribution in [2.45, 2.75) is 51.3 Å². The van der Waals surface area contributed by atoms with Gasteiger partial charge in [-0.1, -0.05) is 60.7 Å². The van der Waals surface area contributed by atoms with Gasteiger partial charge in [-0.15, -0.1) is 0 Å². The molecule has 2 amide bonds. The van der Waals surface area contributed by atoms with Crippen LogP contribution in [-0.4, -0.2) is 60.4 Å². The molecular formula is C28H37N3O4. The number of hydrogen-bond acceptors (Lipinski definition) is 5. The predicted molar refractivity (Wildman–Crippen MR) is 135 cm³/mol. The third-order valence-electron chi connectivity index (χ3n) is 6.40. The molecule has 1 saturated heterocycles. The van der Waals surface area contributed by atoms with Gasteiger partial charge >= 0.3 is 12.2 Å². The minimum Gasteiger partial charge on any atom is -0.449 e. The number of piperazine rings is 1. The summed E-state index contributed by atoms with van der Waals surface area (Å²) in [6.07, 6.45) is 1.59. The number of rotatable bonds is 7. The summed E-state index contributed by atoms with van der Waals surface area (Å²) in [5, 5.41) is 3.17. The number of carbonyl (C=O) groups excluding carboxylic acids is 2. The fraction of sp³-hybridized carbons (Fsp3) is 0.500. The molecule has 7 heteroatoms. The number of nitrogens with zero attached hydrogens (tertiary/aromatic N) is 2. The topological polar surface area (TPSA) is 71.1 Å². The van der Waals surface area contributed by atoms with Crippen LogP contribution in [0.1, 0.15) is 56.8 Å². The number of hydrogen-bond donors (Lipinski definition) is 1. The van der Waals surface area contributed by atoms with E-state index in [1.807, 2.05) is 69.3 Å². The third kappa shape index (κ3) is 7.21. The van der Waals surface area contributed by atoms with Crippen LogP contribution in [0.2, 0.25) is 0 Å². The zero-order chi connectivity index (χ0) is 24.8. The van der Waals surface area contributed by atoms with Crippen LogP contribution >= 0.6 is 0 Å². The molecule has 188 valence electrons. The van der Waals surface area contributed by atoms with Crippen LogP contribution in [0.25, 0.3) is 0 Å². The summed E-state index contributed by atoms with van der Waals surface area (Å²) in [5.74, 6) is 0.502. The van der Waals surface area contributed by atoms with Crippen molar-refractivity contribution in [2.24, 2.45) is 5.92 Å². The van der Waals surface area contributed by atoms with Gasteiger partial charge in [0.2, 0.25) is 0 Å². The highest BCUT2D eigenvalue weighted by Gasteiger charge is 2.35. The number of alkyl carbamates (subject to hydrolysis) is 1. The smallest absolute Gasteiger partial charge is 0.410 e. The Morgan fingerprint density at radius 2 is 1.49 bits per heavy atom. The van der Waals surface area contributed by atoms with Crippen molar-refractivity contribution in [3.8, 4) is 0 Å². The van der Waals surface area contributed by atoms with Crippen LogP contribution in [0, 0.1) is 5.92 Å². The molecule has 1 N–H and O–H groups in total. The Hall–Kier alpha value is -3.06. The lowest BCUT2D eigenvalue weighted by molar-refractivity contribution is 0.00783. The fourth-order valence-corrected chi connectivity index (χ4v) is 4.43. The molecule has 0 spiro atoms. The van der Waals surface area contributed by atoms with E-state index in [4.69, 9.17) is 9.47 Å². The van der Waals surface area contributed by atoms with E-state index in [1.165, 1.54) is 0 Å². The van der Waals surface area contributed by atoms with Crippen molar-refractivity contribution in [1.29, 1.82) is 0 Å². The Balaban J connectivity index is 1.55. The van der Waals surface area contributed by atoms with E-state index in [2.05, 4.69) is 22.3 Å². The van der Waals surface area contributed by atoms with Crippen molar-refractivity contribution in [1.82, 2.24) is 15.1 Å². The maximum atomic E-state index is 12.8. The number of carbonyl (C=O) groups is 2. The highest BCUT2D eigenvalue weighted by molar-refractivity contribution is 5.69. The standard InChI is InChI=1S/C28H37N3O4/c1-28(2,3)35-27(33)31-18-16-30(17-19-31)25(23-12-8-5-9-13-23)24(22-10-6-4-7-11-22)29-26(32)34-20-21-14-15-21/h4-13,21,24-25H,14-20H2,1-3H3,(H,29,32)/t24-,25+/m1/s1. The Labute approximate surface area is 208 Å². The summed E-state index contributed by atoms with van der Waals surface area (Å²) in [6.45, 7) is 8.57. The van der Waals surface area contributed by atoms with Gasteiger partial charge < -0.3 is 19.7 Å². The van der Waals surface area contributed by atoms with E-state index >= 15 is 0 Å². The summed E-state index contributed by atoms with van der Waals surface area (Å²) in [7, 11) is 0. The molecule has 0 unspecified atom stereocenters. The summed E-state index contributed by atoms with van der Waals surface area (Å²) in [4.78, 5) is 29.5. The third-order valence-corrected chi connectivity index (χ3v) is 6.40. The van der Waals surface area contributed by atoms with Crippen LogP contribution in [0.5, 0.6) is 0 Å². The van der Waals surface area contributed by atoms with Gasteiger partial charge in [0.1, 0.15) is 5.60 Å². The molecule has 7 nitrogen and oxygen atoms in total. The quantitative estimate of drug-likeness (QED) is 0.594. The van der Waals surface area contributed by atoms with Gasteiger partial charge in [-0.25, -0.2) is 9.59 Å². The van der Waals surface area contributed by atoms with Crippen molar-refractivity contribution >= 4 is 12.2 Å². The van der Waals surface area contributed by atoms with Crippen LogP contribution in [0.4, 0.5) is 9.59 Å². The first-order valence-electron chi connectivity index (χ1n) is 12.6. The maximum absolute atomic E-state index is 12.8. The zero-order valence-electron chi connectivity index (χ0n) is 21.0. The van der Waals surface area contributed by atoms with Crippen LogP contribution < -0.4 is 5.32 Å². The van der Waals surface area contributed by atoms with E-state index in [9.17, 15) is 9.59 Å². The van der Waals surface area contributed by atoms with Gasteiger partial charge in [0.15, 0.2) is 0 Å². The van der Waals surface area contributed by atoms with E-state index in [-0.39, 0.29) is 24.3 Å². The van der Waals surface area contributed by atoms with Crippen molar-refractivity contribution < 1.29 is 19.1 Å². The molecule has 1 heterocycles. The molecule has 0 radical (unpaired) electrons. The summed E-state index contributed by atoms with van der Waals surface area (Å²) >= 11 is 0. The van der Waals surface area contributed by atoms with E-state index < -0.39 is 5.60 Å². The second-order valence-corrected chi connectivity index (χ2v) is 10.4. The van der Waals surface area contributed by atoms with Crippen LogP contribution in [-0.2, 0) is 9.47 Å². The first kappa shape index (κ1) is 25.0. The Morgan fingerprint density at radius 1 is 0.914 bits per heavy atom. The number of benzene rings is 2. The lowest BCUT2D eigenvalue weighted by Gasteiger charge is -2.42. The van der Waals surface area contributed by atoms with E-state index in [1.54, 1.807) is 4.90 Å². The summed E-state index contributed by atoms with van der Waals surface area (Å²) in [6, 6.07) is 19.8. The molecule has 0 aromatic heterocycles. The SMILES string of the molecule is CC(C)(C)OC(=O)N1CCN([C@@H](c2ccccc2)[C@H](NC(=O)OCC2CC2)c2ccccc2)CC1. The minimum absolute atomic E-state index is 0.118. The molecule has 2 aromatic carbocycles. The Morgan fingerprint density at radius 3 is 2.03 bits per heavy atom. The molecule has 1 saturated carbocycles. The van der Waals surface area contributed by atoms with E-state index in [0.29, 0.717) is 38.7 Å². The molecule has 0 bridgehead atoms. The zero-order valence-corrected chi connectivity index (χ0v) is 21.0. The average molecular weight is 480 g/mol. The van der Waals surface area contributed by atoms with Crippen LogP contribution in [0.15, 0.2) is 60.7 Å². The molecule has 2 aromatic rings. The lowest BCUT2D eigenvalue weighted by atomic mass is 9.91. The van der Waals surface area contributed by atoms with Gasteiger partial charge in [-0.2, -0.15) is 0 Å². The summed E-state index contributed by atoms with van der Waals surface area (Å²) < 4.78 is 11.1. The molecular weight excluding hydrogens is 442 g/mol. The number of ether oxygens (including phenoxy) is 2. The Kier molecular flexibility index (Phi) is 7.96. The molecule has 2 atom stereocenters. The highest BCUT2D eigenvalue weighted by atomic mass is 16.6. The van der Waals surface area contributed by atoms with Crippen LogP contribution in [0.3, 0.4) is 0 Å². The normalized spacial score (nSPS) is 18.4. The molecule has 35 heavy (non-hydrogen) atoms. The molecule has 1 aliphatic carbocycles. The van der Waals surface area contributed by atoms with Gasteiger partial charge in [0.25, 0.3) is 0 Å². The molecule has 1 aliphatic heterocycles. The number of nitrogens with one attached hydrogen (secondary N) is 1. The highest BCUT2D eigenvalue weighted by Crippen LogP contribution is 2.35. The second-order valence-electron chi connectivity index (χ2n) is 10.4. The fourth-order valence-electron chi connectivity index (χ4n) is 4.43. The maximum Gasteiger partial charge on any atom is 0.410 e. The largest absolute Gasteiger partial charge is 0.449 e. The first-order chi connectivity index (χ1) is 16.8. The van der Waals surface area contributed by atoms with Gasteiger partial charge in [-0.3, -0.25) is 4.90 Å².